The molecule has 162 valence electrons. The Hall–Kier alpha value is -3.40. The van der Waals surface area contributed by atoms with Gasteiger partial charge < -0.3 is 15.4 Å². The number of aryl methyl sites for hydroxylation is 2. The molecular formula is C21H22F2N6O2. The van der Waals surface area contributed by atoms with E-state index in [0.717, 1.165) is 23.5 Å². The van der Waals surface area contributed by atoms with Crippen molar-refractivity contribution in [3.63, 3.8) is 0 Å². The smallest absolute Gasteiger partial charge is 0.248 e. The largest absolute Gasteiger partial charge is 0.367 e. The molecular weight excluding hydrogens is 406 g/mol. The minimum Gasteiger partial charge on any atom is -0.367 e. The first-order valence-electron chi connectivity index (χ1n) is 9.81. The minimum absolute atomic E-state index is 0.195. The zero-order valence-corrected chi connectivity index (χ0v) is 17.2. The van der Waals surface area contributed by atoms with Crippen molar-refractivity contribution < 1.29 is 18.3 Å². The molecule has 1 aliphatic rings. The second-order valence-electron chi connectivity index (χ2n) is 7.47. The molecule has 1 fully saturated rings. The van der Waals surface area contributed by atoms with Gasteiger partial charge in [-0.25, -0.2) is 23.4 Å². The van der Waals surface area contributed by atoms with Crippen molar-refractivity contribution in [2.75, 3.05) is 24.6 Å². The lowest BCUT2D eigenvalue weighted by atomic mass is 10.1. The van der Waals surface area contributed by atoms with E-state index >= 15 is 0 Å². The van der Waals surface area contributed by atoms with Crippen molar-refractivity contribution in [1.29, 1.82) is 0 Å². The molecule has 0 bridgehead atoms. The first-order valence-corrected chi connectivity index (χ1v) is 9.81. The number of benzene rings is 1. The van der Waals surface area contributed by atoms with Crippen molar-refractivity contribution in [3.05, 3.63) is 64.7 Å². The number of morpholine rings is 1. The molecule has 4 rings (SSSR count). The number of primary amides is 1. The summed E-state index contributed by atoms with van der Waals surface area (Å²) in [6.07, 6.45) is -0.545. The predicted octanol–water partition coefficient (Wildman–Crippen LogP) is 1.84. The highest BCUT2D eigenvalue weighted by atomic mass is 19.2. The number of ether oxygens (including phenoxy) is 1. The van der Waals surface area contributed by atoms with Crippen LogP contribution in [-0.2, 0) is 16.0 Å². The highest BCUT2D eigenvalue weighted by molar-refractivity contribution is 5.79. The molecule has 31 heavy (non-hydrogen) atoms. The van der Waals surface area contributed by atoms with Gasteiger partial charge in [-0.05, 0) is 37.6 Å². The molecule has 0 radical (unpaired) electrons. The van der Waals surface area contributed by atoms with Gasteiger partial charge in [0.25, 0.3) is 0 Å². The Kier molecular flexibility index (Phi) is 5.64. The number of carbonyl (C=O) groups is 1. The maximum Gasteiger partial charge on any atom is 0.248 e. The summed E-state index contributed by atoms with van der Waals surface area (Å²) in [7, 11) is 0. The van der Waals surface area contributed by atoms with Gasteiger partial charge in [-0.3, -0.25) is 4.79 Å². The monoisotopic (exact) mass is 428 g/mol. The van der Waals surface area contributed by atoms with Gasteiger partial charge in [0.1, 0.15) is 11.6 Å². The molecule has 10 heteroatoms. The highest BCUT2D eigenvalue weighted by Gasteiger charge is 2.26. The van der Waals surface area contributed by atoms with E-state index in [1.165, 1.54) is 6.07 Å². The fourth-order valence-corrected chi connectivity index (χ4v) is 3.54. The van der Waals surface area contributed by atoms with Crippen LogP contribution in [0.4, 0.5) is 14.6 Å². The fourth-order valence-electron chi connectivity index (χ4n) is 3.54. The van der Waals surface area contributed by atoms with E-state index in [4.69, 9.17) is 10.5 Å². The first kappa shape index (κ1) is 20.9. The number of halogens is 2. The normalized spacial score (nSPS) is 16.5. The average molecular weight is 428 g/mol. The molecule has 2 aromatic heterocycles. The third kappa shape index (κ3) is 4.53. The van der Waals surface area contributed by atoms with E-state index in [1.807, 2.05) is 24.8 Å². The van der Waals surface area contributed by atoms with Gasteiger partial charge in [-0.15, -0.1) is 0 Å². The second kappa shape index (κ2) is 8.38. The molecule has 1 aromatic carbocycles. The lowest BCUT2D eigenvalue weighted by molar-refractivity contribution is -0.130. The highest BCUT2D eigenvalue weighted by Crippen LogP contribution is 2.21. The number of nitrogens with zero attached hydrogens (tertiary/aromatic N) is 5. The number of nitrogens with two attached hydrogens (primary N) is 1. The molecule has 3 aromatic rings. The number of anilines is 1. The predicted molar refractivity (Wildman–Crippen MR) is 109 cm³/mol. The van der Waals surface area contributed by atoms with Crippen LogP contribution in [0.2, 0.25) is 0 Å². The number of hydrogen-bond acceptors (Lipinski definition) is 6. The van der Waals surface area contributed by atoms with Crippen LogP contribution in [0, 0.1) is 25.5 Å². The average Bonchev–Trinajstić information content (AvgIpc) is 3.08. The second-order valence-corrected chi connectivity index (χ2v) is 7.47. The Morgan fingerprint density at radius 1 is 1.16 bits per heavy atom. The third-order valence-electron chi connectivity index (χ3n) is 5.03. The van der Waals surface area contributed by atoms with Gasteiger partial charge in [0.05, 0.1) is 18.8 Å². The third-order valence-corrected chi connectivity index (χ3v) is 5.03. The van der Waals surface area contributed by atoms with Crippen LogP contribution in [-0.4, -0.2) is 51.5 Å². The molecule has 8 nitrogen and oxygen atoms in total. The van der Waals surface area contributed by atoms with Gasteiger partial charge in [0.2, 0.25) is 5.91 Å². The summed E-state index contributed by atoms with van der Waals surface area (Å²) in [5.74, 6) is -0.856. The van der Waals surface area contributed by atoms with E-state index in [0.29, 0.717) is 36.2 Å². The number of hydrogen-bond donors (Lipinski definition) is 1. The van der Waals surface area contributed by atoms with Crippen LogP contribution >= 0.6 is 0 Å². The maximum atomic E-state index is 13.7. The molecule has 3 heterocycles. The lowest BCUT2D eigenvalue weighted by Gasteiger charge is -2.32. The summed E-state index contributed by atoms with van der Waals surface area (Å²) in [6.45, 7) is 4.89. The first-order chi connectivity index (χ1) is 14.8. The summed E-state index contributed by atoms with van der Waals surface area (Å²) in [6, 6.07) is 7.41. The molecule has 1 amide bonds. The van der Waals surface area contributed by atoms with Gasteiger partial charge in [0.15, 0.2) is 23.6 Å². The van der Waals surface area contributed by atoms with Crippen molar-refractivity contribution in [1.82, 2.24) is 19.7 Å². The van der Waals surface area contributed by atoms with Crippen LogP contribution < -0.4 is 10.6 Å². The topological polar surface area (TPSA) is 99.2 Å². The van der Waals surface area contributed by atoms with Gasteiger partial charge in [0, 0.05) is 24.7 Å². The van der Waals surface area contributed by atoms with Crippen LogP contribution in [0.3, 0.4) is 0 Å². The van der Waals surface area contributed by atoms with Gasteiger partial charge in [-0.2, -0.15) is 5.10 Å². The van der Waals surface area contributed by atoms with Crippen LogP contribution in [0.1, 0.15) is 22.8 Å². The zero-order valence-electron chi connectivity index (χ0n) is 17.2. The summed E-state index contributed by atoms with van der Waals surface area (Å²) < 4.78 is 34.1. The molecule has 0 unspecified atom stereocenters. The molecule has 1 aliphatic heterocycles. The summed E-state index contributed by atoms with van der Waals surface area (Å²) in [4.78, 5) is 22.7. The van der Waals surface area contributed by atoms with E-state index in [9.17, 15) is 13.6 Å². The van der Waals surface area contributed by atoms with Crippen LogP contribution in [0.5, 0.6) is 0 Å². The molecule has 1 saturated heterocycles. The standard InChI is InChI=1S/C21H22F2N6O2/c1-12-7-13(2)29(27-12)20-10-19(28-5-6-31-17(11-28)21(24)30)25-18(26-20)9-14-3-4-15(22)16(23)8-14/h3-4,7-8,10,17H,5-6,9,11H2,1-2H3,(H2,24,30)/t17-/m1/s1. The van der Waals surface area contributed by atoms with Gasteiger partial charge in [-0.1, -0.05) is 6.07 Å². The Balaban J connectivity index is 1.74. The summed E-state index contributed by atoms with van der Waals surface area (Å²) in [5, 5.41) is 4.48. The Morgan fingerprint density at radius 3 is 2.61 bits per heavy atom. The van der Waals surface area contributed by atoms with Crippen LogP contribution in [0.15, 0.2) is 30.3 Å². The summed E-state index contributed by atoms with van der Waals surface area (Å²) in [5.41, 5.74) is 7.66. The quantitative estimate of drug-likeness (QED) is 0.666. The Labute approximate surface area is 177 Å². The SMILES string of the molecule is Cc1cc(C)n(-c2cc(N3CCO[C@@H](C(N)=O)C3)nc(Cc3ccc(F)c(F)c3)n2)n1. The lowest BCUT2D eigenvalue weighted by Crippen LogP contribution is -2.48. The van der Waals surface area contributed by atoms with Crippen molar-refractivity contribution in [3.8, 4) is 5.82 Å². The van der Waals surface area contributed by atoms with E-state index in [1.54, 1.807) is 10.7 Å². The van der Waals surface area contributed by atoms with Crippen LogP contribution in [0.25, 0.3) is 5.82 Å². The van der Waals surface area contributed by atoms with Gasteiger partial charge >= 0.3 is 0 Å². The number of rotatable bonds is 5. The molecule has 0 aliphatic carbocycles. The Bertz CT molecular complexity index is 1130. The Morgan fingerprint density at radius 2 is 1.94 bits per heavy atom. The fraction of sp³-hybridized carbons (Fsp3) is 0.333. The van der Waals surface area contributed by atoms with E-state index in [-0.39, 0.29) is 13.0 Å². The number of carbonyl (C=O) groups excluding carboxylic acids is 1. The maximum absolute atomic E-state index is 13.7. The van der Waals surface area contributed by atoms with Crippen molar-refractivity contribution in [2.45, 2.75) is 26.4 Å². The van der Waals surface area contributed by atoms with Crippen molar-refractivity contribution >= 4 is 11.7 Å². The minimum atomic E-state index is -0.926. The molecule has 0 saturated carbocycles. The number of amides is 1. The molecule has 0 spiro atoms. The zero-order chi connectivity index (χ0) is 22.1. The van der Waals surface area contributed by atoms with E-state index < -0.39 is 23.6 Å². The molecule has 2 N–H and O–H groups in total. The number of aromatic nitrogens is 4. The molecule has 1 atom stereocenters. The van der Waals surface area contributed by atoms with E-state index in [2.05, 4.69) is 15.1 Å². The van der Waals surface area contributed by atoms with Crippen molar-refractivity contribution in [2.24, 2.45) is 5.73 Å². The summed E-state index contributed by atoms with van der Waals surface area (Å²) >= 11 is 0.